The zero-order chi connectivity index (χ0) is 51.4. The van der Waals surface area contributed by atoms with Crippen LogP contribution in [0.15, 0.2) is 231 Å². The van der Waals surface area contributed by atoms with Gasteiger partial charge in [-0.25, -0.2) is 9.97 Å². The molecule has 79 heavy (non-hydrogen) atoms. The van der Waals surface area contributed by atoms with Crippen molar-refractivity contribution < 1.29 is 0 Å². The van der Waals surface area contributed by atoms with E-state index in [9.17, 15) is 0 Å². The van der Waals surface area contributed by atoms with Gasteiger partial charge in [-0.15, -0.1) is 11.3 Å². The van der Waals surface area contributed by atoms with E-state index in [4.69, 9.17) is 16.5 Å². The van der Waals surface area contributed by atoms with Crippen LogP contribution in [0.25, 0.3) is 191 Å². The average Bonchev–Trinajstić information content (AvgIpc) is 3.19. The van der Waals surface area contributed by atoms with E-state index in [1.54, 1.807) is 0 Å². The Hall–Kier alpha value is -10.2. The second-order valence-corrected chi connectivity index (χ2v) is 22.6. The monoisotopic (exact) mass is 1020 g/mol. The highest BCUT2D eigenvalue weighted by Crippen LogP contribution is 2.56. The minimum absolute atomic E-state index is 0.885. The van der Waals surface area contributed by atoms with Gasteiger partial charge in [0.1, 0.15) is 11.6 Å². The molecule has 18 aromatic rings. The SMILES string of the molecule is C=c1c2cc3c4c(c5ccccc5c5cccc6ccc(c4c65)n3-c3ccccn3)c2c2cccc(-c3cc4c5c6c(cccc36)-c3ccccc3-c3c6c(cc(c35)n4-c3cccc(-c4ccccc4)n3)sc3ccccc36)c12. The molecule has 5 aromatic heterocycles. The summed E-state index contributed by atoms with van der Waals surface area (Å²) in [6, 6.07) is 83.2. The van der Waals surface area contributed by atoms with Crippen LogP contribution in [0.5, 0.6) is 0 Å². The van der Waals surface area contributed by atoms with E-state index in [0.717, 1.165) is 61.1 Å². The molecule has 1 aliphatic rings. The number of thiophene rings is 1. The minimum atomic E-state index is 0.885. The summed E-state index contributed by atoms with van der Waals surface area (Å²) >= 11 is 1.88. The lowest BCUT2D eigenvalue weighted by Gasteiger charge is -2.17. The fourth-order valence-corrected chi connectivity index (χ4v) is 15.8. The number of hydrogen-bond acceptors (Lipinski definition) is 3. The minimum Gasteiger partial charge on any atom is -0.294 e. The maximum Gasteiger partial charge on any atom is 0.138 e. The molecule has 0 unspecified atom stereocenters. The topological polar surface area (TPSA) is 35.6 Å². The van der Waals surface area contributed by atoms with Crippen molar-refractivity contribution in [3.8, 4) is 56.3 Å². The largest absolute Gasteiger partial charge is 0.294 e. The van der Waals surface area contributed by atoms with E-state index in [-0.39, 0.29) is 0 Å². The lowest BCUT2D eigenvalue weighted by molar-refractivity contribution is 1.08. The summed E-state index contributed by atoms with van der Waals surface area (Å²) in [5.74, 6) is 1.78. The Kier molecular flexibility index (Phi) is 7.99. The molecule has 0 N–H and O–H groups in total. The maximum absolute atomic E-state index is 5.58. The molecule has 0 bridgehead atoms. The van der Waals surface area contributed by atoms with Crippen molar-refractivity contribution in [3.05, 3.63) is 236 Å². The van der Waals surface area contributed by atoms with Gasteiger partial charge in [-0.2, -0.15) is 0 Å². The van der Waals surface area contributed by atoms with Crippen LogP contribution in [0.2, 0.25) is 0 Å². The third kappa shape index (κ3) is 5.28. The van der Waals surface area contributed by atoms with Gasteiger partial charge in [0.25, 0.3) is 0 Å². The smallest absolute Gasteiger partial charge is 0.138 e. The summed E-state index contributed by atoms with van der Waals surface area (Å²) in [6.07, 6.45) is 1.91. The van der Waals surface area contributed by atoms with Crippen LogP contribution in [0.4, 0.5) is 0 Å². The van der Waals surface area contributed by atoms with Crippen molar-refractivity contribution in [2.45, 2.75) is 0 Å². The number of aromatic nitrogens is 4. The predicted octanol–water partition coefficient (Wildman–Crippen LogP) is 19.5. The van der Waals surface area contributed by atoms with Crippen molar-refractivity contribution >= 4 is 146 Å². The van der Waals surface area contributed by atoms with Gasteiger partial charge in [0.15, 0.2) is 0 Å². The lowest BCUT2D eigenvalue weighted by atomic mass is 9.89. The Morgan fingerprint density at radius 3 is 1.84 bits per heavy atom. The Morgan fingerprint density at radius 1 is 0.329 bits per heavy atom. The number of fused-ring (bicyclic) bond motifs is 14. The second-order valence-electron chi connectivity index (χ2n) is 21.5. The van der Waals surface area contributed by atoms with Gasteiger partial charge in [0.2, 0.25) is 0 Å². The Morgan fingerprint density at radius 2 is 0.962 bits per heavy atom. The predicted molar refractivity (Wildman–Crippen MR) is 336 cm³/mol. The van der Waals surface area contributed by atoms with Gasteiger partial charge >= 0.3 is 0 Å². The van der Waals surface area contributed by atoms with E-state index >= 15 is 0 Å². The second kappa shape index (κ2) is 15.0. The maximum atomic E-state index is 5.58. The molecule has 0 saturated carbocycles. The average molecular weight is 1020 g/mol. The summed E-state index contributed by atoms with van der Waals surface area (Å²) in [6.45, 7) is 5.15. The summed E-state index contributed by atoms with van der Waals surface area (Å²) in [4.78, 5) is 10.6. The molecule has 0 fully saturated rings. The van der Waals surface area contributed by atoms with Crippen LogP contribution in [0, 0.1) is 0 Å². The molecule has 0 spiro atoms. The van der Waals surface area contributed by atoms with Crippen LogP contribution >= 0.6 is 11.3 Å². The van der Waals surface area contributed by atoms with Gasteiger partial charge in [-0.1, -0.05) is 176 Å². The van der Waals surface area contributed by atoms with Crippen molar-refractivity contribution in [2.24, 2.45) is 0 Å². The molecule has 0 amide bonds. The fraction of sp³-hybridized carbons (Fsp3) is 0. The van der Waals surface area contributed by atoms with E-state index in [2.05, 4.69) is 228 Å². The van der Waals surface area contributed by atoms with Crippen LogP contribution in [-0.2, 0) is 0 Å². The third-order valence-corrected chi connectivity index (χ3v) is 18.8. The van der Waals surface area contributed by atoms with Gasteiger partial charge in [0, 0.05) is 69.8 Å². The van der Waals surface area contributed by atoms with Gasteiger partial charge in [0.05, 0.1) is 27.8 Å². The van der Waals surface area contributed by atoms with E-state index in [1.807, 2.05) is 23.6 Å². The number of nitrogens with zero attached hydrogens (tertiary/aromatic N) is 4. The van der Waals surface area contributed by atoms with Crippen LogP contribution in [-0.4, -0.2) is 19.1 Å². The molecule has 0 atom stereocenters. The first-order valence-corrected chi connectivity index (χ1v) is 27.9. The highest BCUT2D eigenvalue weighted by molar-refractivity contribution is 7.26. The number of benzene rings is 11. The van der Waals surface area contributed by atoms with E-state index in [1.165, 1.54) is 129 Å². The van der Waals surface area contributed by atoms with Crippen molar-refractivity contribution in [3.63, 3.8) is 0 Å². The molecule has 1 aliphatic carbocycles. The Balaban J connectivity index is 1.01. The molecule has 0 radical (unpaired) electrons. The highest BCUT2D eigenvalue weighted by Gasteiger charge is 2.31. The zero-order valence-electron chi connectivity index (χ0n) is 42.3. The van der Waals surface area contributed by atoms with Crippen molar-refractivity contribution in [1.82, 2.24) is 19.1 Å². The molecule has 5 heteroatoms. The zero-order valence-corrected chi connectivity index (χ0v) is 43.2. The van der Waals surface area contributed by atoms with Crippen molar-refractivity contribution in [2.75, 3.05) is 0 Å². The fourth-order valence-electron chi connectivity index (χ4n) is 14.7. The number of pyridine rings is 2. The summed E-state index contributed by atoms with van der Waals surface area (Å²) in [5.41, 5.74) is 13.9. The first kappa shape index (κ1) is 42.0. The summed E-state index contributed by atoms with van der Waals surface area (Å²) < 4.78 is 7.42. The number of rotatable bonds is 4. The Bertz CT molecular complexity index is 5810. The van der Waals surface area contributed by atoms with Gasteiger partial charge < -0.3 is 0 Å². The summed E-state index contributed by atoms with van der Waals surface area (Å²) in [7, 11) is 0. The molecule has 362 valence electrons. The van der Waals surface area contributed by atoms with Crippen LogP contribution < -0.4 is 5.22 Å². The molecular formula is C74H40N4S. The Labute approximate surface area is 454 Å². The molecule has 19 rings (SSSR count). The van der Waals surface area contributed by atoms with Gasteiger partial charge in [-0.3, -0.25) is 9.13 Å². The normalized spacial score (nSPS) is 12.6. The molecular weight excluding hydrogens is 977 g/mol. The van der Waals surface area contributed by atoms with Crippen molar-refractivity contribution in [1.29, 1.82) is 0 Å². The van der Waals surface area contributed by atoms with Crippen LogP contribution in [0.3, 0.4) is 0 Å². The quantitative estimate of drug-likeness (QED) is 0.176. The van der Waals surface area contributed by atoms with E-state index in [0.29, 0.717) is 0 Å². The van der Waals surface area contributed by atoms with Gasteiger partial charge in [-0.05, 0) is 141 Å². The third-order valence-electron chi connectivity index (χ3n) is 17.7. The van der Waals surface area contributed by atoms with E-state index < -0.39 is 0 Å². The first-order chi connectivity index (χ1) is 39.2. The van der Waals surface area contributed by atoms with Crippen LogP contribution in [0.1, 0.15) is 0 Å². The molecule has 5 heterocycles. The molecule has 0 saturated heterocycles. The molecule has 13 aromatic carbocycles. The lowest BCUT2D eigenvalue weighted by Crippen LogP contribution is -2.00. The molecule has 0 aliphatic heterocycles. The number of hydrogen-bond donors (Lipinski definition) is 0. The molecule has 4 nitrogen and oxygen atoms in total. The standard InChI is InChI=1S/C74H40N4S/c1-40-53-37-57-73-69(47-22-7-5-20-43(47)45-25-13-19-42-34-35-56(71(73)65(42)45)77(57)62-32-11-12-36-75-62)67(53)52-29-15-27-49(64(40)52)54-38-58-72-66-46(26-14-28-50(54)66)44-21-6-8-23-48(44)70-68-51-24-9-10-31-60(51)79-61(68)39-59(74(70)72)78(58)63-33-16-30-55(76-63)41-17-3-2-4-18-41/h2-39H,1H2. The highest BCUT2D eigenvalue weighted by atomic mass is 32.1. The first-order valence-electron chi connectivity index (χ1n) is 27.1. The summed E-state index contributed by atoms with van der Waals surface area (Å²) in [5, 5.41) is 23.3.